The first-order valence-electron chi connectivity index (χ1n) is 5.54. The minimum Gasteiger partial charge on any atom is -0.312 e. The van der Waals surface area contributed by atoms with Gasteiger partial charge in [0.1, 0.15) is 0 Å². The second-order valence-corrected chi connectivity index (χ2v) is 4.14. The van der Waals surface area contributed by atoms with Crippen LogP contribution < -0.4 is 5.32 Å². The van der Waals surface area contributed by atoms with Crippen LogP contribution in [-0.2, 0) is 13.0 Å². The molecule has 2 nitrogen and oxygen atoms in total. The van der Waals surface area contributed by atoms with Gasteiger partial charge in [0.05, 0.1) is 11.6 Å². The van der Waals surface area contributed by atoms with Crippen molar-refractivity contribution in [3.8, 4) is 6.07 Å². The number of rotatable bonds is 0. The number of fused-ring (bicyclic) bond motifs is 3. The van der Waals surface area contributed by atoms with Gasteiger partial charge in [-0.2, -0.15) is 5.26 Å². The number of nitrogens with zero attached hydrogens (tertiary/aromatic N) is 1. The van der Waals surface area contributed by atoms with Gasteiger partial charge in [0.2, 0.25) is 0 Å². The van der Waals surface area contributed by atoms with Gasteiger partial charge in [-0.1, -0.05) is 24.3 Å². The van der Waals surface area contributed by atoms with Crippen molar-refractivity contribution in [2.24, 2.45) is 0 Å². The minimum atomic E-state index is 0.769. The van der Waals surface area contributed by atoms with Crippen molar-refractivity contribution in [2.75, 3.05) is 6.54 Å². The summed E-state index contributed by atoms with van der Waals surface area (Å²) in [5, 5.41) is 14.8. The molecule has 2 heteroatoms. The lowest BCUT2D eigenvalue weighted by molar-refractivity contribution is 0.648. The molecule has 0 bridgehead atoms. The molecule has 0 unspecified atom stereocenters. The van der Waals surface area contributed by atoms with Gasteiger partial charge in [-0.05, 0) is 40.9 Å². The Labute approximate surface area is 94.5 Å². The molecule has 0 atom stereocenters. The molecule has 0 radical (unpaired) electrons. The lowest BCUT2D eigenvalue weighted by Gasteiger charge is -2.19. The minimum absolute atomic E-state index is 0.769. The van der Waals surface area contributed by atoms with Crippen LogP contribution in [0.1, 0.15) is 16.7 Å². The predicted molar refractivity (Wildman–Crippen MR) is 64.1 cm³/mol. The van der Waals surface area contributed by atoms with E-state index in [1.54, 1.807) is 0 Å². The number of hydrogen-bond acceptors (Lipinski definition) is 2. The highest BCUT2D eigenvalue weighted by Gasteiger charge is 2.12. The summed E-state index contributed by atoms with van der Waals surface area (Å²) in [4.78, 5) is 0. The van der Waals surface area contributed by atoms with Crippen LogP contribution in [0.3, 0.4) is 0 Å². The molecule has 2 aromatic rings. The van der Waals surface area contributed by atoms with Gasteiger partial charge in [0.25, 0.3) is 0 Å². The predicted octanol–water partition coefficient (Wildman–Crippen LogP) is 2.36. The van der Waals surface area contributed by atoms with E-state index in [1.165, 1.54) is 16.5 Å². The smallest absolute Gasteiger partial charge is 0.0998 e. The van der Waals surface area contributed by atoms with E-state index < -0.39 is 0 Å². The molecule has 78 valence electrons. The number of benzene rings is 2. The molecule has 3 rings (SSSR count). The Morgan fingerprint density at radius 3 is 2.94 bits per heavy atom. The lowest BCUT2D eigenvalue weighted by Crippen LogP contribution is -2.23. The van der Waals surface area contributed by atoms with E-state index in [9.17, 15) is 0 Å². The van der Waals surface area contributed by atoms with Crippen LogP contribution in [0.4, 0.5) is 0 Å². The highest BCUT2D eigenvalue weighted by Crippen LogP contribution is 2.26. The van der Waals surface area contributed by atoms with Crippen LogP contribution >= 0.6 is 0 Å². The van der Waals surface area contributed by atoms with Crippen molar-refractivity contribution in [2.45, 2.75) is 13.0 Å². The third-order valence-corrected chi connectivity index (χ3v) is 3.26. The second kappa shape index (κ2) is 3.62. The topological polar surface area (TPSA) is 35.8 Å². The largest absolute Gasteiger partial charge is 0.312 e. The number of hydrogen-bond donors (Lipinski definition) is 1. The first-order chi connectivity index (χ1) is 7.90. The maximum Gasteiger partial charge on any atom is 0.0998 e. The van der Waals surface area contributed by atoms with Gasteiger partial charge < -0.3 is 5.32 Å². The van der Waals surface area contributed by atoms with Crippen LogP contribution in [0.15, 0.2) is 30.3 Å². The monoisotopic (exact) mass is 208 g/mol. The van der Waals surface area contributed by atoms with Crippen molar-refractivity contribution in [1.82, 2.24) is 5.32 Å². The molecule has 0 fully saturated rings. The molecule has 2 aromatic carbocycles. The van der Waals surface area contributed by atoms with Crippen molar-refractivity contribution in [3.05, 3.63) is 47.0 Å². The normalized spacial score (nSPS) is 14.4. The molecule has 1 aliphatic rings. The summed E-state index contributed by atoms with van der Waals surface area (Å²) in [6.07, 6.45) is 1.09. The van der Waals surface area contributed by atoms with Gasteiger partial charge in [0, 0.05) is 6.54 Å². The van der Waals surface area contributed by atoms with Gasteiger partial charge in [-0.25, -0.2) is 0 Å². The summed E-state index contributed by atoms with van der Waals surface area (Å²) in [6.45, 7) is 1.97. The van der Waals surface area contributed by atoms with Crippen LogP contribution in [0.25, 0.3) is 10.8 Å². The van der Waals surface area contributed by atoms with Crippen LogP contribution in [-0.4, -0.2) is 6.54 Å². The Morgan fingerprint density at radius 2 is 2.06 bits per heavy atom. The standard InChI is InChI=1S/C14H12N2/c15-8-11-2-1-3-13-12(11)5-4-10-6-7-16-9-14(10)13/h1-5,16H,6-7,9H2. The van der Waals surface area contributed by atoms with Crippen LogP contribution in [0.5, 0.6) is 0 Å². The lowest BCUT2D eigenvalue weighted by atomic mass is 9.93. The summed E-state index contributed by atoms with van der Waals surface area (Å²) in [5.41, 5.74) is 3.55. The van der Waals surface area contributed by atoms with Crippen molar-refractivity contribution in [1.29, 1.82) is 5.26 Å². The third kappa shape index (κ3) is 1.30. The molecule has 0 saturated heterocycles. The molecule has 0 aliphatic carbocycles. The zero-order valence-electron chi connectivity index (χ0n) is 8.96. The van der Waals surface area contributed by atoms with Crippen molar-refractivity contribution in [3.63, 3.8) is 0 Å². The number of nitriles is 1. The van der Waals surface area contributed by atoms with E-state index in [-0.39, 0.29) is 0 Å². The summed E-state index contributed by atoms with van der Waals surface area (Å²) < 4.78 is 0. The molecule has 0 amide bonds. The van der Waals surface area contributed by atoms with Gasteiger partial charge in [-0.15, -0.1) is 0 Å². The average Bonchev–Trinajstić information content (AvgIpc) is 2.37. The van der Waals surface area contributed by atoms with Crippen LogP contribution in [0, 0.1) is 11.3 Å². The van der Waals surface area contributed by atoms with E-state index in [0.29, 0.717) is 0 Å². The molecule has 1 N–H and O–H groups in total. The zero-order valence-corrected chi connectivity index (χ0v) is 8.96. The fourth-order valence-electron chi connectivity index (χ4n) is 2.44. The van der Waals surface area contributed by atoms with Crippen molar-refractivity contribution >= 4 is 10.8 Å². The maximum absolute atomic E-state index is 9.07. The van der Waals surface area contributed by atoms with Gasteiger partial charge in [-0.3, -0.25) is 0 Å². The van der Waals surface area contributed by atoms with Crippen LogP contribution in [0.2, 0.25) is 0 Å². The highest BCUT2D eigenvalue weighted by atomic mass is 14.9. The van der Waals surface area contributed by atoms with Gasteiger partial charge >= 0.3 is 0 Å². The third-order valence-electron chi connectivity index (χ3n) is 3.26. The molecule has 0 saturated carbocycles. The average molecular weight is 208 g/mol. The Morgan fingerprint density at radius 1 is 1.12 bits per heavy atom. The molecular weight excluding hydrogens is 196 g/mol. The molecule has 1 aliphatic heterocycles. The fourth-order valence-corrected chi connectivity index (χ4v) is 2.44. The summed E-state index contributed by atoms with van der Waals surface area (Å²) in [7, 11) is 0. The summed E-state index contributed by atoms with van der Waals surface area (Å²) in [5.74, 6) is 0. The first-order valence-corrected chi connectivity index (χ1v) is 5.54. The molecule has 1 heterocycles. The van der Waals surface area contributed by atoms with E-state index in [0.717, 1.165) is 30.5 Å². The zero-order chi connectivity index (χ0) is 11.0. The molecule has 0 spiro atoms. The molecule has 0 aromatic heterocycles. The van der Waals surface area contributed by atoms with E-state index >= 15 is 0 Å². The van der Waals surface area contributed by atoms with E-state index in [2.05, 4.69) is 29.6 Å². The Hall–Kier alpha value is -1.85. The summed E-state index contributed by atoms with van der Waals surface area (Å²) in [6, 6.07) is 12.5. The Kier molecular flexibility index (Phi) is 2.12. The second-order valence-electron chi connectivity index (χ2n) is 4.14. The SMILES string of the molecule is N#Cc1cccc2c3c(ccc12)CCNC3. The van der Waals surface area contributed by atoms with Gasteiger partial charge in [0.15, 0.2) is 0 Å². The fraction of sp³-hybridized carbons (Fsp3) is 0.214. The highest BCUT2D eigenvalue weighted by molar-refractivity contribution is 5.91. The van der Waals surface area contributed by atoms with E-state index in [1.807, 2.05) is 12.1 Å². The molecule has 16 heavy (non-hydrogen) atoms. The van der Waals surface area contributed by atoms with Crippen molar-refractivity contribution < 1.29 is 0 Å². The first kappa shape index (κ1) is 9.38. The Balaban J connectivity index is 2.37. The Bertz CT molecular complexity index is 593. The number of nitrogens with one attached hydrogen (secondary N) is 1. The molecular formula is C14H12N2. The summed E-state index contributed by atoms with van der Waals surface area (Å²) >= 11 is 0. The quantitative estimate of drug-likeness (QED) is 0.721. The van der Waals surface area contributed by atoms with E-state index in [4.69, 9.17) is 5.26 Å². The maximum atomic E-state index is 9.07.